The lowest BCUT2D eigenvalue weighted by Crippen LogP contribution is -2.49. The molecule has 14 heteroatoms. The number of hydrogen-bond acceptors (Lipinski definition) is 8. The second-order valence-corrected chi connectivity index (χ2v) is 10.1. The molecular formula is C29H28F4N6O4. The molecule has 1 amide bonds. The summed E-state index contributed by atoms with van der Waals surface area (Å²) in [5.41, 5.74) is 2.07. The first-order valence-electron chi connectivity index (χ1n) is 13.4. The minimum atomic E-state index is -4.75. The predicted molar refractivity (Wildman–Crippen MR) is 151 cm³/mol. The molecule has 2 aromatic carbocycles. The van der Waals surface area contributed by atoms with E-state index in [1.807, 2.05) is 6.92 Å². The SMILES string of the molecule is Cc1ccc2c(NCC(O)C(F)(F)F)cccc2c1Oc1ncccc1-c1ccnc(NC2CC(F)CN(C(=O)O)C2)n1. The zero-order chi connectivity index (χ0) is 30.7. The molecule has 2 aromatic heterocycles. The smallest absolute Gasteiger partial charge is 0.416 e. The summed E-state index contributed by atoms with van der Waals surface area (Å²) in [5.74, 6) is 0.803. The van der Waals surface area contributed by atoms with E-state index in [-0.39, 0.29) is 31.3 Å². The summed E-state index contributed by atoms with van der Waals surface area (Å²) in [6.07, 6.45) is -6.66. The van der Waals surface area contributed by atoms with Crippen LogP contribution in [-0.2, 0) is 0 Å². The van der Waals surface area contributed by atoms with Gasteiger partial charge in [0, 0.05) is 54.4 Å². The van der Waals surface area contributed by atoms with Crippen LogP contribution in [0.15, 0.2) is 60.9 Å². The third kappa shape index (κ3) is 6.85. The van der Waals surface area contributed by atoms with E-state index in [0.29, 0.717) is 33.5 Å². The van der Waals surface area contributed by atoms with E-state index in [0.717, 1.165) is 10.5 Å². The highest BCUT2D eigenvalue weighted by molar-refractivity contribution is 5.98. The van der Waals surface area contributed by atoms with E-state index in [1.165, 1.54) is 12.4 Å². The highest BCUT2D eigenvalue weighted by atomic mass is 19.4. The van der Waals surface area contributed by atoms with Crippen LogP contribution in [0.1, 0.15) is 12.0 Å². The number of hydrogen-bond donors (Lipinski definition) is 4. The molecule has 3 unspecified atom stereocenters. The zero-order valence-corrected chi connectivity index (χ0v) is 22.8. The van der Waals surface area contributed by atoms with Gasteiger partial charge in [-0.3, -0.25) is 0 Å². The first-order chi connectivity index (χ1) is 20.5. The van der Waals surface area contributed by atoms with Crippen molar-refractivity contribution in [2.24, 2.45) is 0 Å². The molecule has 1 aliphatic rings. The number of carbonyl (C=O) groups is 1. The molecule has 5 rings (SSSR count). The van der Waals surface area contributed by atoms with Crippen molar-refractivity contribution in [1.29, 1.82) is 0 Å². The number of ether oxygens (including phenoxy) is 1. The van der Waals surface area contributed by atoms with Crippen LogP contribution in [0.5, 0.6) is 11.6 Å². The fourth-order valence-corrected chi connectivity index (χ4v) is 4.87. The Labute approximate surface area is 243 Å². The number of fused-ring (bicyclic) bond motifs is 1. The van der Waals surface area contributed by atoms with E-state index in [4.69, 9.17) is 4.74 Å². The maximum atomic E-state index is 14.2. The Morgan fingerprint density at radius 3 is 2.67 bits per heavy atom. The van der Waals surface area contributed by atoms with E-state index in [2.05, 4.69) is 25.6 Å². The number of halogens is 4. The van der Waals surface area contributed by atoms with Crippen molar-refractivity contribution in [3.8, 4) is 22.9 Å². The molecule has 226 valence electrons. The zero-order valence-electron chi connectivity index (χ0n) is 22.8. The lowest BCUT2D eigenvalue weighted by molar-refractivity contribution is -0.198. The molecular weight excluding hydrogens is 572 g/mol. The fourth-order valence-electron chi connectivity index (χ4n) is 4.87. The van der Waals surface area contributed by atoms with Gasteiger partial charge in [-0.05, 0) is 36.8 Å². The van der Waals surface area contributed by atoms with Gasteiger partial charge >= 0.3 is 12.3 Å². The molecule has 43 heavy (non-hydrogen) atoms. The van der Waals surface area contributed by atoms with Crippen LogP contribution in [0.25, 0.3) is 22.0 Å². The number of anilines is 2. The Morgan fingerprint density at radius 2 is 1.91 bits per heavy atom. The summed E-state index contributed by atoms with van der Waals surface area (Å²) in [6, 6.07) is 13.1. The third-order valence-corrected chi connectivity index (χ3v) is 6.98. The van der Waals surface area contributed by atoms with Gasteiger partial charge < -0.3 is 30.5 Å². The standard InChI is InChI=1S/C29H28F4N6O4/c1-16-7-8-19-20(4-2-6-22(19)36-13-24(40)29(31,32)33)25(16)43-26-21(5-3-10-34-26)23-9-11-35-27(38-23)37-18-12-17(30)14-39(15-18)28(41)42/h2-11,17-18,24,36,40H,12-15H2,1H3,(H,41,42)(H,35,37,38). The molecule has 0 bridgehead atoms. The van der Waals surface area contributed by atoms with Gasteiger partial charge in [0.15, 0.2) is 6.10 Å². The van der Waals surface area contributed by atoms with Crippen LogP contribution < -0.4 is 15.4 Å². The number of aliphatic hydroxyl groups is 1. The highest BCUT2D eigenvalue weighted by Gasteiger charge is 2.38. The summed E-state index contributed by atoms with van der Waals surface area (Å²) in [7, 11) is 0. The van der Waals surface area contributed by atoms with Crippen molar-refractivity contribution in [2.45, 2.75) is 37.8 Å². The number of aryl methyl sites for hydroxylation is 1. The van der Waals surface area contributed by atoms with E-state index < -0.39 is 37.1 Å². The number of aromatic nitrogens is 3. The Morgan fingerprint density at radius 1 is 1.09 bits per heavy atom. The van der Waals surface area contributed by atoms with Crippen LogP contribution in [0, 0.1) is 6.92 Å². The number of nitrogens with one attached hydrogen (secondary N) is 2. The van der Waals surface area contributed by atoms with Gasteiger partial charge in [0.2, 0.25) is 11.8 Å². The van der Waals surface area contributed by atoms with Crippen molar-refractivity contribution in [3.05, 3.63) is 66.5 Å². The van der Waals surface area contributed by atoms with Crippen molar-refractivity contribution < 1.29 is 37.3 Å². The van der Waals surface area contributed by atoms with Crippen LogP contribution in [0.3, 0.4) is 0 Å². The number of aliphatic hydroxyl groups excluding tert-OH is 1. The number of pyridine rings is 1. The molecule has 0 spiro atoms. The molecule has 0 saturated carbocycles. The number of likely N-dealkylation sites (tertiary alicyclic amines) is 1. The van der Waals surface area contributed by atoms with Gasteiger partial charge in [0.05, 0.1) is 17.8 Å². The Kier molecular flexibility index (Phi) is 8.48. The van der Waals surface area contributed by atoms with Crippen molar-refractivity contribution in [2.75, 3.05) is 30.3 Å². The van der Waals surface area contributed by atoms with Gasteiger partial charge in [0.25, 0.3) is 0 Å². The monoisotopic (exact) mass is 600 g/mol. The summed E-state index contributed by atoms with van der Waals surface area (Å²) >= 11 is 0. The quantitative estimate of drug-likeness (QED) is 0.190. The molecule has 10 nitrogen and oxygen atoms in total. The summed E-state index contributed by atoms with van der Waals surface area (Å²) < 4.78 is 59.0. The second kappa shape index (κ2) is 12.3. The molecule has 1 saturated heterocycles. The Balaban J connectivity index is 1.42. The molecule has 3 atom stereocenters. The highest BCUT2D eigenvalue weighted by Crippen LogP contribution is 2.38. The summed E-state index contributed by atoms with van der Waals surface area (Å²) in [4.78, 5) is 25.5. The average molecular weight is 601 g/mol. The van der Waals surface area contributed by atoms with E-state index in [1.54, 1.807) is 48.5 Å². The van der Waals surface area contributed by atoms with Gasteiger partial charge in [0.1, 0.15) is 11.9 Å². The summed E-state index contributed by atoms with van der Waals surface area (Å²) in [5, 5.41) is 25.6. The molecule has 3 heterocycles. The fraction of sp³-hybridized carbons (Fsp3) is 0.310. The van der Waals surface area contributed by atoms with Crippen molar-refractivity contribution >= 4 is 28.5 Å². The van der Waals surface area contributed by atoms with Crippen LogP contribution in [-0.4, -0.2) is 80.3 Å². The minimum absolute atomic E-state index is 0.0803. The minimum Gasteiger partial charge on any atom is -0.465 e. The maximum absolute atomic E-state index is 14.2. The number of rotatable bonds is 8. The Hall–Kier alpha value is -4.72. The predicted octanol–water partition coefficient (Wildman–Crippen LogP) is 5.63. The number of piperidine rings is 1. The number of amides is 1. The third-order valence-electron chi connectivity index (χ3n) is 6.98. The second-order valence-electron chi connectivity index (χ2n) is 10.1. The first kappa shape index (κ1) is 29.8. The largest absolute Gasteiger partial charge is 0.465 e. The van der Waals surface area contributed by atoms with Crippen LogP contribution in [0.4, 0.5) is 34.0 Å². The number of nitrogens with zero attached hydrogens (tertiary/aromatic N) is 4. The van der Waals surface area contributed by atoms with Crippen LogP contribution >= 0.6 is 0 Å². The van der Waals surface area contributed by atoms with Gasteiger partial charge in [-0.25, -0.2) is 24.1 Å². The van der Waals surface area contributed by atoms with Crippen LogP contribution in [0.2, 0.25) is 0 Å². The lowest BCUT2D eigenvalue weighted by atomic mass is 10.0. The van der Waals surface area contributed by atoms with Crippen molar-refractivity contribution in [3.63, 3.8) is 0 Å². The topological polar surface area (TPSA) is 133 Å². The van der Waals surface area contributed by atoms with Gasteiger partial charge in [-0.2, -0.15) is 13.2 Å². The number of benzene rings is 2. The average Bonchev–Trinajstić information content (AvgIpc) is 2.96. The molecule has 1 fully saturated rings. The van der Waals surface area contributed by atoms with Gasteiger partial charge in [-0.15, -0.1) is 0 Å². The molecule has 0 radical (unpaired) electrons. The molecule has 0 aliphatic carbocycles. The first-order valence-corrected chi connectivity index (χ1v) is 13.4. The van der Waals surface area contributed by atoms with Crippen molar-refractivity contribution in [1.82, 2.24) is 19.9 Å². The number of carboxylic acid groups (broad SMARTS) is 1. The number of alkyl halides is 4. The lowest BCUT2D eigenvalue weighted by Gasteiger charge is -2.33. The van der Waals surface area contributed by atoms with E-state index in [9.17, 15) is 32.6 Å². The normalized spacial score (nSPS) is 17.9. The maximum Gasteiger partial charge on any atom is 0.416 e. The molecule has 4 aromatic rings. The van der Waals surface area contributed by atoms with E-state index >= 15 is 0 Å². The molecule has 4 N–H and O–H groups in total. The van der Waals surface area contributed by atoms with Gasteiger partial charge in [-0.1, -0.05) is 24.3 Å². The molecule has 1 aliphatic heterocycles. The summed E-state index contributed by atoms with van der Waals surface area (Å²) in [6.45, 7) is 0.991. The Bertz CT molecular complexity index is 1620.